The summed E-state index contributed by atoms with van der Waals surface area (Å²) in [6.07, 6.45) is 0.114. The number of nitrogens with one attached hydrogen (secondary N) is 1. The van der Waals surface area contributed by atoms with Gasteiger partial charge in [-0.05, 0) is 41.0 Å². The Balaban J connectivity index is 5.28. The second-order valence-corrected chi connectivity index (χ2v) is 10.1. The molecule has 0 spiro atoms. The van der Waals surface area contributed by atoms with Crippen LogP contribution in [0.3, 0.4) is 0 Å². The molecule has 0 saturated heterocycles. The van der Waals surface area contributed by atoms with Crippen molar-refractivity contribution in [2.45, 2.75) is 47.1 Å². The molecule has 9 nitrogen and oxygen atoms in total. The molecule has 0 saturated carbocycles. The van der Waals surface area contributed by atoms with Crippen molar-refractivity contribution < 1.29 is 35.8 Å². The normalized spacial score (nSPS) is 12.2. The highest BCUT2D eigenvalue weighted by atomic mass is 28.5. The molecule has 0 radical (unpaired) electrons. The van der Waals surface area contributed by atoms with Crippen molar-refractivity contribution in [2.24, 2.45) is 0 Å². The Labute approximate surface area is 159 Å². The quantitative estimate of drug-likeness (QED) is 0.304. The fourth-order valence-corrected chi connectivity index (χ4v) is 8.52. The van der Waals surface area contributed by atoms with Crippen LogP contribution >= 0.6 is 0 Å². The van der Waals surface area contributed by atoms with E-state index >= 15 is 0 Å². The molecule has 0 atom stereocenters. The first-order valence-corrected chi connectivity index (χ1v) is 12.7. The minimum absolute atomic E-state index is 0.388. The van der Waals surface area contributed by atoms with Crippen LogP contribution in [-0.2, 0) is 31.0 Å². The van der Waals surface area contributed by atoms with Crippen LogP contribution in [0.1, 0.15) is 41.0 Å². The smallest absolute Gasteiger partial charge is 0.453 e. The maximum absolute atomic E-state index is 11.2. The fraction of sp³-hybridized carbons (Fsp3) is 0.933. The van der Waals surface area contributed by atoms with Gasteiger partial charge in [-0.25, -0.2) is 4.79 Å². The van der Waals surface area contributed by atoms with E-state index in [0.717, 1.165) is 0 Å². The highest BCUT2D eigenvalue weighted by molar-refractivity contribution is 6.72. The molecule has 1 N–H and O–H groups in total. The van der Waals surface area contributed by atoms with Crippen molar-refractivity contribution in [3.63, 3.8) is 0 Å². The van der Waals surface area contributed by atoms with Crippen LogP contribution in [0.4, 0.5) is 4.79 Å². The number of ether oxygens (including phenoxy) is 1. The maximum Gasteiger partial charge on any atom is 0.672 e. The number of rotatable bonds is 16. The lowest BCUT2D eigenvalue weighted by Gasteiger charge is -2.36. The largest absolute Gasteiger partial charge is 0.672 e. The van der Waals surface area contributed by atoms with Crippen LogP contribution in [0, 0.1) is 0 Å². The van der Waals surface area contributed by atoms with E-state index in [0.29, 0.717) is 52.0 Å². The zero-order valence-electron chi connectivity index (χ0n) is 16.9. The summed E-state index contributed by atoms with van der Waals surface area (Å²) in [4.78, 5) is 11.2. The van der Waals surface area contributed by atoms with Gasteiger partial charge < -0.3 is 36.3 Å². The average Bonchev–Trinajstić information content (AvgIpc) is 2.59. The summed E-state index contributed by atoms with van der Waals surface area (Å²) < 4.78 is 40.1. The van der Waals surface area contributed by atoms with Gasteiger partial charge in [-0.15, -0.1) is 0 Å². The molecule has 26 heavy (non-hydrogen) atoms. The molecule has 0 aromatic heterocycles. The summed E-state index contributed by atoms with van der Waals surface area (Å²) in [5.74, 6) is 0. The molecule has 11 heteroatoms. The summed E-state index contributed by atoms with van der Waals surface area (Å²) in [5.41, 5.74) is 0. The van der Waals surface area contributed by atoms with Gasteiger partial charge in [0, 0.05) is 45.6 Å². The van der Waals surface area contributed by atoms with Gasteiger partial charge in [-0.3, -0.25) is 0 Å². The predicted octanol–water partition coefficient (Wildman–Crippen LogP) is 2.31. The van der Waals surface area contributed by atoms with E-state index in [1.165, 1.54) is 7.11 Å². The van der Waals surface area contributed by atoms with Gasteiger partial charge in [-0.2, -0.15) is 0 Å². The topological polar surface area (TPSA) is 93.7 Å². The predicted molar refractivity (Wildman–Crippen MR) is 101 cm³/mol. The zero-order valence-corrected chi connectivity index (χ0v) is 18.9. The lowest BCUT2D eigenvalue weighted by molar-refractivity contribution is -0.0224. The first kappa shape index (κ1) is 25.5. The van der Waals surface area contributed by atoms with Crippen molar-refractivity contribution >= 4 is 23.9 Å². The molecule has 0 heterocycles. The van der Waals surface area contributed by atoms with Crippen LogP contribution in [0.5, 0.6) is 0 Å². The summed E-state index contributed by atoms with van der Waals surface area (Å²) in [5, 5.41) is 2.64. The van der Waals surface area contributed by atoms with Crippen molar-refractivity contribution in [1.29, 1.82) is 0 Å². The van der Waals surface area contributed by atoms with Gasteiger partial charge in [0.05, 0.1) is 7.11 Å². The van der Waals surface area contributed by atoms with Crippen molar-refractivity contribution in [3.05, 3.63) is 0 Å². The Morgan fingerprint density at radius 2 is 1.27 bits per heavy atom. The van der Waals surface area contributed by atoms with Gasteiger partial charge in [-0.1, -0.05) is 0 Å². The fourth-order valence-electron chi connectivity index (χ4n) is 2.24. The molecular weight excluding hydrogens is 378 g/mol. The standard InChI is InChI=1S/C15H35NO8Si2/c1-7-19-25(20-8-2,14-12-13-16-15(17)18-6)24-26(21-9-3,22-10-4)23-11-5/h7-14H2,1-6H3,(H,16,17). The molecule has 0 aliphatic heterocycles. The summed E-state index contributed by atoms with van der Waals surface area (Å²) in [6, 6.07) is 0.487. The molecular formula is C15H35NO8Si2. The van der Waals surface area contributed by atoms with Crippen LogP contribution < -0.4 is 5.32 Å². The monoisotopic (exact) mass is 413 g/mol. The van der Waals surface area contributed by atoms with Gasteiger partial charge in [0.25, 0.3) is 0 Å². The molecule has 0 aromatic carbocycles. The van der Waals surface area contributed by atoms with Crippen LogP contribution in [0.25, 0.3) is 0 Å². The van der Waals surface area contributed by atoms with Crippen LogP contribution in [-0.4, -0.2) is 70.6 Å². The van der Waals surface area contributed by atoms with E-state index in [4.69, 9.17) is 26.2 Å². The molecule has 0 fully saturated rings. The number of alkyl carbamates (subject to hydrolysis) is 1. The molecule has 0 bridgehead atoms. The number of hydrogen-bond donors (Lipinski definition) is 1. The summed E-state index contributed by atoms with van der Waals surface area (Å²) in [6.45, 7) is 11.7. The number of hydrogen-bond acceptors (Lipinski definition) is 8. The van der Waals surface area contributed by atoms with Crippen molar-refractivity contribution in [3.8, 4) is 0 Å². The van der Waals surface area contributed by atoms with Gasteiger partial charge in [0.15, 0.2) is 0 Å². The highest BCUT2D eigenvalue weighted by Crippen LogP contribution is 2.25. The minimum Gasteiger partial charge on any atom is -0.453 e. The van der Waals surface area contributed by atoms with E-state index in [9.17, 15) is 4.79 Å². The number of carbonyl (C=O) groups excluding carboxylic acids is 1. The summed E-state index contributed by atoms with van der Waals surface area (Å²) >= 11 is 0. The minimum atomic E-state index is -3.39. The van der Waals surface area contributed by atoms with Gasteiger partial charge in [0.1, 0.15) is 0 Å². The zero-order chi connectivity index (χ0) is 19.9. The third-order valence-electron chi connectivity index (χ3n) is 3.09. The summed E-state index contributed by atoms with van der Waals surface area (Å²) in [7, 11) is -5.20. The SMILES string of the molecule is CCO[Si](CCCNC(=O)OC)(OCC)O[Si](OCC)(OCC)OCC. The van der Waals surface area contributed by atoms with E-state index in [1.807, 2.05) is 34.6 Å². The molecule has 0 rings (SSSR count). The lowest BCUT2D eigenvalue weighted by atomic mass is 10.5. The van der Waals surface area contributed by atoms with E-state index < -0.39 is 23.9 Å². The number of amides is 1. The molecule has 1 amide bonds. The third kappa shape index (κ3) is 9.41. The van der Waals surface area contributed by atoms with Crippen molar-refractivity contribution in [2.75, 3.05) is 46.7 Å². The Hall–Kier alpha value is -0.536. The lowest BCUT2D eigenvalue weighted by Crippen LogP contribution is -2.60. The molecule has 0 aromatic rings. The van der Waals surface area contributed by atoms with E-state index in [1.54, 1.807) is 0 Å². The van der Waals surface area contributed by atoms with Crippen molar-refractivity contribution in [1.82, 2.24) is 5.32 Å². The maximum atomic E-state index is 11.2. The first-order valence-electron chi connectivity index (χ1n) is 9.18. The Morgan fingerprint density at radius 3 is 1.65 bits per heavy atom. The Morgan fingerprint density at radius 1 is 0.808 bits per heavy atom. The number of methoxy groups -OCH3 is 1. The van der Waals surface area contributed by atoms with E-state index in [-0.39, 0.29) is 0 Å². The average molecular weight is 414 g/mol. The van der Waals surface area contributed by atoms with Crippen LogP contribution in [0.15, 0.2) is 0 Å². The van der Waals surface area contributed by atoms with E-state index in [2.05, 4.69) is 10.1 Å². The highest BCUT2D eigenvalue weighted by Gasteiger charge is 2.56. The molecule has 0 unspecified atom stereocenters. The number of carbonyl (C=O) groups is 1. The molecule has 156 valence electrons. The van der Waals surface area contributed by atoms with Crippen LogP contribution in [0.2, 0.25) is 6.04 Å². The van der Waals surface area contributed by atoms with Gasteiger partial charge >= 0.3 is 23.9 Å². The second-order valence-electron chi connectivity index (χ2n) is 4.97. The molecule has 0 aliphatic rings. The van der Waals surface area contributed by atoms with Gasteiger partial charge in [0.2, 0.25) is 0 Å². The Bertz CT molecular complexity index is 353. The first-order chi connectivity index (χ1) is 12.5. The third-order valence-corrected chi connectivity index (χ3v) is 9.68. The second kappa shape index (κ2) is 14.5. The molecule has 0 aliphatic carbocycles. The Kier molecular flexibility index (Phi) is 14.2.